The zero-order valence-corrected chi connectivity index (χ0v) is 11.0. The van der Waals surface area contributed by atoms with Crippen molar-refractivity contribution in [3.8, 4) is 0 Å². The number of hydrogen-bond donors (Lipinski definition) is 1. The van der Waals surface area contributed by atoms with Crippen molar-refractivity contribution in [2.24, 2.45) is 0 Å². The molecule has 0 fully saturated rings. The van der Waals surface area contributed by atoms with Crippen LogP contribution in [-0.2, 0) is 0 Å². The lowest BCUT2D eigenvalue weighted by Crippen LogP contribution is -2.31. The van der Waals surface area contributed by atoms with Gasteiger partial charge >= 0.3 is 6.18 Å². The number of hydrogen-bond acceptors (Lipinski definition) is 2. The second-order valence-corrected chi connectivity index (χ2v) is 5.13. The monoisotopic (exact) mass is 272 g/mol. The molecule has 19 heavy (non-hydrogen) atoms. The summed E-state index contributed by atoms with van der Waals surface area (Å²) in [6, 6.07) is 8.04. The molecule has 1 aromatic rings. The smallest absolute Gasteiger partial charge is 0.385 e. The lowest BCUT2D eigenvalue weighted by atomic mass is 9.90. The standard InChI is InChI=1S/C14H19F3N2/c1-19(9-7-14(15,16)17)10-11-6-8-18-13-5-3-2-4-12(11)13/h2-5,11,18H,6-10H2,1H3. The molecule has 0 amide bonds. The maximum Gasteiger partial charge on any atom is 0.390 e. The van der Waals surface area contributed by atoms with Crippen molar-refractivity contribution in [1.82, 2.24) is 4.90 Å². The summed E-state index contributed by atoms with van der Waals surface area (Å²) in [7, 11) is 1.76. The first-order chi connectivity index (χ1) is 8.96. The molecule has 0 spiro atoms. The summed E-state index contributed by atoms with van der Waals surface area (Å²) in [5.41, 5.74) is 2.33. The van der Waals surface area contributed by atoms with E-state index in [1.165, 1.54) is 5.56 Å². The first-order valence-corrected chi connectivity index (χ1v) is 6.54. The van der Waals surface area contributed by atoms with E-state index in [1.807, 2.05) is 18.2 Å². The lowest BCUT2D eigenvalue weighted by molar-refractivity contribution is -0.137. The summed E-state index contributed by atoms with van der Waals surface area (Å²) in [5.74, 6) is 0.315. The van der Waals surface area contributed by atoms with Crippen molar-refractivity contribution >= 4 is 5.69 Å². The fourth-order valence-electron chi connectivity index (χ4n) is 2.53. The highest BCUT2D eigenvalue weighted by molar-refractivity contribution is 5.54. The Kier molecular flexibility index (Phi) is 4.34. The lowest BCUT2D eigenvalue weighted by Gasteiger charge is -2.30. The Morgan fingerprint density at radius 1 is 1.32 bits per heavy atom. The molecule has 1 atom stereocenters. The van der Waals surface area contributed by atoms with Gasteiger partial charge in [-0.25, -0.2) is 0 Å². The molecule has 1 aliphatic heterocycles. The van der Waals surface area contributed by atoms with Crippen molar-refractivity contribution in [2.75, 3.05) is 32.0 Å². The Hall–Kier alpha value is -1.23. The highest BCUT2D eigenvalue weighted by Crippen LogP contribution is 2.31. The first-order valence-electron chi connectivity index (χ1n) is 6.54. The summed E-state index contributed by atoms with van der Waals surface area (Å²) >= 11 is 0. The number of rotatable bonds is 4. The normalized spacial score (nSPS) is 19.1. The van der Waals surface area contributed by atoms with Crippen LogP contribution >= 0.6 is 0 Å². The predicted octanol–water partition coefficient (Wildman–Crippen LogP) is 3.47. The zero-order chi connectivity index (χ0) is 13.9. The van der Waals surface area contributed by atoms with Gasteiger partial charge in [-0.3, -0.25) is 0 Å². The number of nitrogens with zero attached hydrogens (tertiary/aromatic N) is 1. The van der Waals surface area contributed by atoms with Crippen LogP contribution in [0.1, 0.15) is 24.3 Å². The van der Waals surface area contributed by atoms with Gasteiger partial charge in [0.1, 0.15) is 0 Å². The molecule has 0 bridgehead atoms. The van der Waals surface area contributed by atoms with Crippen LogP contribution in [-0.4, -0.2) is 37.8 Å². The van der Waals surface area contributed by atoms with Gasteiger partial charge in [0.2, 0.25) is 0 Å². The zero-order valence-electron chi connectivity index (χ0n) is 11.0. The fourth-order valence-corrected chi connectivity index (χ4v) is 2.53. The molecule has 0 radical (unpaired) electrons. The Balaban J connectivity index is 1.93. The molecule has 106 valence electrons. The number of halogens is 3. The SMILES string of the molecule is CN(CCC(F)(F)F)CC1CCNc2ccccc21. The summed E-state index contributed by atoms with van der Waals surface area (Å²) in [4.78, 5) is 1.78. The van der Waals surface area contributed by atoms with Crippen LogP contribution in [0.3, 0.4) is 0 Å². The van der Waals surface area contributed by atoms with Crippen LogP contribution < -0.4 is 5.32 Å². The highest BCUT2D eigenvalue weighted by atomic mass is 19.4. The molecule has 5 heteroatoms. The van der Waals surface area contributed by atoms with Crippen LogP contribution in [0.15, 0.2) is 24.3 Å². The van der Waals surface area contributed by atoms with E-state index in [2.05, 4.69) is 11.4 Å². The molecule has 1 aliphatic rings. The molecule has 1 N–H and O–H groups in total. The van der Waals surface area contributed by atoms with E-state index in [1.54, 1.807) is 11.9 Å². The van der Waals surface area contributed by atoms with Gasteiger partial charge in [0, 0.05) is 31.2 Å². The molecule has 1 heterocycles. The Bertz CT molecular complexity index is 417. The molecule has 0 saturated heterocycles. The van der Waals surface area contributed by atoms with Gasteiger partial charge in [-0.2, -0.15) is 13.2 Å². The quantitative estimate of drug-likeness (QED) is 0.903. The van der Waals surface area contributed by atoms with Gasteiger partial charge in [0.15, 0.2) is 0 Å². The van der Waals surface area contributed by atoms with Crippen LogP contribution in [0.25, 0.3) is 0 Å². The van der Waals surface area contributed by atoms with E-state index in [0.717, 1.165) is 18.7 Å². The van der Waals surface area contributed by atoms with Gasteiger partial charge in [-0.05, 0) is 25.1 Å². The summed E-state index contributed by atoms with van der Waals surface area (Å²) in [6.07, 6.45) is -3.84. The van der Waals surface area contributed by atoms with E-state index in [9.17, 15) is 13.2 Å². The maximum atomic E-state index is 12.2. The van der Waals surface area contributed by atoms with Gasteiger partial charge in [-0.15, -0.1) is 0 Å². The van der Waals surface area contributed by atoms with Gasteiger partial charge < -0.3 is 10.2 Å². The van der Waals surface area contributed by atoms with E-state index in [4.69, 9.17) is 0 Å². The molecule has 0 saturated carbocycles. The maximum absolute atomic E-state index is 12.2. The predicted molar refractivity (Wildman–Crippen MR) is 70.5 cm³/mol. The molecular formula is C14H19F3N2. The van der Waals surface area contributed by atoms with Crippen molar-refractivity contribution < 1.29 is 13.2 Å². The Labute approximate surface area is 111 Å². The largest absolute Gasteiger partial charge is 0.390 e. The third-order valence-corrected chi connectivity index (χ3v) is 3.52. The number of para-hydroxylation sites is 1. The third kappa shape index (κ3) is 4.13. The summed E-state index contributed by atoms with van der Waals surface area (Å²) in [5, 5.41) is 3.32. The van der Waals surface area contributed by atoms with Gasteiger partial charge in [0.05, 0.1) is 6.42 Å². The van der Waals surface area contributed by atoms with E-state index in [-0.39, 0.29) is 6.54 Å². The van der Waals surface area contributed by atoms with E-state index >= 15 is 0 Å². The molecule has 1 aromatic carbocycles. The van der Waals surface area contributed by atoms with Crippen LogP contribution in [0.5, 0.6) is 0 Å². The summed E-state index contributed by atoms with van der Waals surface area (Å²) in [6.45, 7) is 1.62. The minimum Gasteiger partial charge on any atom is -0.385 e. The third-order valence-electron chi connectivity index (χ3n) is 3.52. The topological polar surface area (TPSA) is 15.3 Å². The number of nitrogens with one attached hydrogen (secondary N) is 1. The number of fused-ring (bicyclic) bond motifs is 1. The second-order valence-electron chi connectivity index (χ2n) is 5.13. The summed E-state index contributed by atoms with van der Waals surface area (Å²) < 4.78 is 36.6. The van der Waals surface area contributed by atoms with Crippen molar-refractivity contribution in [3.63, 3.8) is 0 Å². The first kappa shape index (κ1) is 14.2. The average Bonchev–Trinajstić information content (AvgIpc) is 2.36. The average molecular weight is 272 g/mol. The molecule has 2 rings (SSSR count). The number of anilines is 1. The fraction of sp³-hybridized carbons (Fsp3) is 0.571. The molecule has 2 nitrogen and oxygen atoms in total. The van der Waals surface area contributed by atoms with Gasteiger partial charge in [0.25, 0.3) is 0 Å². The van der Waals surface area contributed by atoms with E-state index in [0.29, 0.717) is 12.5 Å². The molecule has 0 aromatic heterocycles. The molecule has 0 aliphatic carbocycles. The van der Waals surface area contributed by atoms with Crippen molar-refractivity contribution in [1.29, 1.82) is 0 Å². The van der Waals surface area contributed by atoms with Crippen molar-refractivity contribution in [2.45, 2.75) is 24.9 Å². The number of alkyl halides is 3. The highest BCUT2D eigenvalue weighted by Gasteiger charge is 2.28. The second kappa shape index (κ2) is 5.82. The number of likely N-dealkylation sites (N-methyl/N-ethyl adjacent to an activating group) is 1. The van der Waals surface area contributed by atoms with Crippen LogP contribution in [0, 0.1) is 0 Å². The Morgan fingerprint density at radius 3 is 2.79 bits per heavy atom. The van der Waals surface area contributed by atoms with E-state index < -0.39 is 12.6 Å². The number of benzene rings is 1. The van der Waals surface area contributed by atoms with Crippen molar-refractivity contribution in [3.05, 3.63) is 29.8 Å². The molecule has 1 unspecified atom stereocenters. The Morgan fingerprint density at radius 2 is 2.05 bits per heavy atom. The van der Waals surface area contributed by atoms with Crippen LogP contribution in [0.2, 0.25) is 0 Å². The minimum absolute atomic E-state index is 0.0651. The van der Waals surface area contributed by atoms with Crippen LogP contribution in [0.4, 0.5) is 18.9 Å². The minimum atomic E-state index is -4.07. The van der Waals surface area contributed by atoms with Gasteiger partial charge in [-0.1, -0.05) is 18.2 Å². The molecular weight excluding hydrogens is 253 g/mol.